The van der Waals surface area contributed by atoms with Crippen molar-refractivity contribution in [2.45, 2.75) is 3.42 Å². The highest BCUT2D eigenvalue weighted by atomic mass is 127. The molecule has 0 bridgehead atoms. The summed E-state index contributed by atoms with van der Waals surface area (Å²) in [5.41, 5.74) is 0. The van der Waals surface area contributed by atoms with Gasteiger partial charge >= 0.3 is 0 Å². The average molecular weight is 289 g/mol. The Balaban J connectivity index is 2.52. The zero-order valence-electron chi connectivity index (χ0n) is 7.03. The Kier molecular flexibility index (Phi) is 1.83. The molecule has 4 heteroatoms. The number of allylic oxidation sites excluding steroid dienone is 2. The quantitative estimate of drug-likeness (QED) is 0.377. The summed E-state index contributed by atoms with van der Waals surface area (Å²) in [5.74, 6) is -0.542. The molecule has 2 rings (SSSR count). The van der Waals surface area contributed by atoms with E-state index in [1.165, 1.54) is 11.9 Å². The average Bonchev–Trinajstić information content (AvgIpc) is 2.29. The summed E-state index contributed by atoms with van der Waals surface area (Å²) in [6, 6.07) is 0. The molecule has 1 fully saturated rings. The van der Waals surface area contributed by atoms with Gasteiger partial charge in [-0.2, -0.15) is 0 Å². The largest absolute Gasteiger partial charge is 0.284 e. The number of hydrogen-bond acceptors (Lipinski definition) is 2. The number of fused-ring (bicyclic) bond motifs is 1. The fraction of sp³-hybridized carbons (Fsp3) is 0.333. The van der Waals surface area contributed by atoms with E-state index in [2.05, 4.69) is 0 Å². The first kappa shape index (κ1) is 8.93. The first-order chi connectivity index (χ1) is 6.07. The number of carbonyl (C=O) groups is 2. The highest BCUT2D eigenvalue weighted by Gasteiger charge is 2.54. The van der Waals surface area contributed by atoms with Crippen molar-refractivity contribution in [1.29, 1.82) is 0 Å². The topological polar surface area (TPSA) is 37.4 Å². The van der Waals surface area contributed by atoms with Gasteiger partial charge < -0.3 is 0 Å². The van der Waals surface area contributed by atoms with Crippen molar-refractivity contribution in [3.8, 4) is 0 Å². The lowest BCUT2D eigenvalue weighted by Crippen LogP contribution is -2.34. The Hall–Kier alpha value is -0.650. The second-order valence-corrected chi connectivity index (χ2v) is 4.98. The summed E-state index contributed by atoms with van der Waals surface area (Å²) in [7, 11) is 1.53. The van der Waals surface area contributed by atoms with Crippen molar-refractivity contribution in [2.24, 2.45) is 5.92 Å². The summed E-state index contributed by atoms with van der Waals surface area (Å²) in [6.07, 6.45) is 7.21. The Bertz CT molecular complexity index is 348. The fourth-order valence-electron chi connectivity index (χ4n) is 1.65. The smallest absolute Gasteiger partial charge is 0.250 e. The Labute approximate surface area is 89.6 Å². The van der Waals surface area contributed by atoms with E-state index in [9.17, 15) is 9.59 Å². The zero-order valence-corrected chi connectivity index (χ0v) is 9.19. The Morgan fingerprint density at radius 3 is 2.77 bits per heavy atom. The number of hydrogen-bond donors (Lipinski definition) is 0. The fourth-order valence-corrected chi connectivity index (χ4v) is 2.69. The highest BCUT2D eigenvalue weighted by molar-refractivity contribution is 14.1. The maximum Gasteiger partial charge on any atom is 0.250 e. The molecular formula is C9H8INO2. The van der Waals surface area contributed by atoms with E-state index < -0.39 is 3.42 Å². The van der Waals surface area contributed by atoms with Crippen molar-refractivity contribution in [2.75, 3.05) is 7.05 Å². The van der Waals surface area contributed by atoms with Crippen LogP contribution < -0.4 is 0 Å². The molecule has 0 aromatic rings. The molecule has 68 valence electrons. The van der Waals surface area contributed by atoms with Gasteiger partial charge in [0.25, 0.3) is 0 Å². The molecule has 0 N–H and O–H groups in total. The van der Waals surface area contributed by atoms with Gasteiger partial charge in [0.15, 0.2) is 0 Å². The maximum absolute atomic E-state index is 11.7. The van der Waals surface area contributed by atoms with Crippen LogP contribution in [0.25, 0.3) is 0 Å². The summed E-state index contributed by atoms with van der Waals surface area (Å²) in [6.45, 7) is 0. The number of alkyl halides is 1. The summed E-state index contributed by atoms with van der Waals surface area (Å²) >= 11 is 2.05. The molecule has 2 unspecified atom stereocenters. The zero-order chi connectivity index (χ0) is 9.64. The van der Waals surface area contributed by atoms with Crippen LogP contribution in [0, 0.1) is 5.92 Å². The molecule has 1 aliphatic carbocycles. The maximum atomic E-state index is 11.7. The standard InChI is InChI=1S/C9H8INO2/c1-11-7(12)6-4-2-3-5-9(6,10)8(11)13/h2-6H,1H3. The second kappa shape index (κ2) is 2.67. The van der Waals surface area contributed by atoms with Gasteiger partial charge in [-0.15, -0.1) is 0 Å². The molecule has 2 amide bonds. The minimum atomic E-state index is -0.668. The van der Waals surface area contributed by atoms with Gasteiger partial charge in [-0.25, -0.2) is 0 Å². The van der Waals surface area contributed by atoms with Crippen LogP contribution >= 0.6 is 22.6 Å². The highest BCUT2D eigenvalue weighted by Crippen LogP contribution is 2.41. The lowest BCUT2D eigenvalue weighted by atomic mass is 9.91. The lowest BCUT2D eigenvalue weighted by Gasteiger charge is -2.20. The van der Waals surface area contributed by atoms with Gasteiger partial charge in [0.05, 0.1) is 5.92 Å². The first-order valence-corrected chi connectivity index (χ1v) is 5.02. The molecule has 13 heavy (non-hydrogen) atoms. The van der Waals surface area contributed by atoms with Crippen molar-refractivity contribution in [3.63, 3.8) is 0 Å². The van der Waals surface area contributed by atoms with Crippen LogP contribution in [0.1, 0.15) is 0 Å². The molecule has 3 nitrogen and oxygen atoms in total. The van der Waals surface area contributed by atoms with Gasteiger partial charge in [0.1, 0.15) is 3.42 Å². The molecule has 2 atom stereocenters. The minimum Gasteiger partial charge on any atom is -0.284 e. The van der Waals surface area contributed by atoms with E-state index in [-0.39, 0.29) is 17.7 Å². The number of nitrogens with zero attached hydrogens (tertiary/aromatic N) is 1. The predicted octanol–water partition coefficient (Wildman–Crippen LogP) is 0.901. The molecule has 0 saturated carbocycles. The van der Waals surface area contributed by atoms with E-state index in [0.717, 1.165) is 0 Å². The van der Waals surface area contributed by atoms with E-state index in [1.54, 1.807) is 12.2 Å². The molecule has 0 radical (unpaired) electrons. The lowest BCUT2D eigenvalue weighted by molar-refractivity contribution is -0.137. The summed E-state index contributed by atoms with van der Waals surface area (Å²) in [4.78, 5) is 24.5. The molecular weight excluding hydrogens is 281 g/mol. The number of imide groups is 1. The van der Waals surface area contributed by atoms with E-state index in [1.807, 2.05) is 34.7 Å². The molecule has 0 aromatic carbocycles. The number of halogens is 1. The molecule has 1 heterocycles. The summed E-state index contributed by atoms with van der Waals surface area (Å²) < 4.78 is -0.668. The van der Waals surface area contributed by atoms with Crippen LogP contribution in [0.4, 0.5) is 0 Å². The number of carbonyl (C=O) groups excluding carboxylic acids is 2. The molecule has 0 aromatic heterocycles. The predicted molar refractivity (Wildman–Crippen MR) is 56.3 cm³/mol. The third-order valence-electron chi connectivity index (χ3n) is 2.44. The summed E-state index contributed by atoms with van der Waals surface area (Å²) in [5, 5.41) is 0. The minimum absolute atomic E-state index is 0.111. The van der Waals surface area contributed by atoms with E-state index in [4.69, 9.17) is 0 Å². The molecule has 2 aliphatic rings. The molecule has 0 spiro atoms. The van der Waals surface area contributed by atoms with Crippen LogP contribution in [0.3, 0.4) is 0 Å². The molecule has 1 saturated heterocycles. The normalized spacial score (nSPS) is 37.1. The van der Waals surface area contributed by atoms with Crippen LogP contribution in [0.5, 0.6) is 0 Å². The third-order valence-corrected chi connectivity index (χ3v) is 3.93. The van der Waals surface area contributed by atoms with Crippen LogP contribution in [0.2, 0.25) is 0 Å². The van der Waals surface area contributed by atoms with Crippen LogP contribution in [-0.2, 0) is 9.59 Å². The Morgan fingerprint density at radius 2 is 2.15 bits per heavy atom. The van der Waals surface area contributed by atoms with Gasteiger partial charge in [0.2, 0.25) is 11.8 Å². The monoisotopic (exact) mass is 289 g/mol. The first-order valence-electron chi connectivity index (χ1n) is 3.94. The van der Waals surface area contributed by atoms with Crippen LogP contribution in [0.15, 0.2) is 24.3 Å². The van der Waals surface area contributed by atoms with Crippen molar-refractivity contribution in [3.05, 3.63) is 24.3 Å². The number of likely N-dealkylation sites (tertiary alicyclic amines) is 1. The van der Waals surface area contributed by atoms with E-state index >= 15 is 0 Å². The van der Waals surface area contributed by atoms with Crippen LogP contribution in [-0.4, -0.2) is 27.2 Å². The van der Waals surface area contributed by atoms with Crippen molar-refractivity contribution < 1.29 is 9.59 Å². The Morgan fingerprint density at radius 1 is 1.46 bits per heavy atom. The second-order valence-electron chi connectivity index (χ2n) is 3.19. The number of amides is 2. The van der Waals surface area contributed by atoms with E-state index in [0.29, 0.717) is 0 Å². The molecule has 1 aliphatic heterocycles. The van der Waals surface area contributed by atoms with Gasteiger partial charge in [-0.1, -0.05) is 46.9 Å². The SMILES string of the molecule is CN1C(=O)C2C=CC=CC2(I)C1=O. The van der Waals surface area contributed by atoms with Gasteiger partial charge in [-0.3, -0.25) is 14.5 Å². The van der Waals surface area contributed by atoms with Crippen molar-refractivity contribution in [1.82, 2.24) is 4.90 Å². The van der Waals surface area contributed by atoms with Crippen molar-refractivity contribution >= 4 is 34.4 Å². The third kappa shape index (κ3) is 1.01. The number of rotatable bonds is 0. The van der Waals surface area contributed by atoms with Gasteiger partial charge in [0, 0.05) is 7.05 Å². The van der Waals surface area contributed by atoms with Gasteiger partial charge in [-0.05, 0) is 0 Å².